The zero-order valence-corrected chi connectivity index (χ0v) is 15.5. The second-order valence-electron chi connectivity index (χ2n) is 6.69. The highest BCUT2D eigenvalue weighted by atomic mass is 16.5. The van der Waals surface area contributed by atoms with E-state index in [0.29, 0.717) is 11.4 Å². The minimum atomic E-state index is -0.452. The van der Waals surface area contributed by atoms with E-state index in [1.807, 2.05) is 18.2 Å². The number of hydrogen-bond acceptors (Lipinski definition) is 4. The average Bonchev–Trinajstić information content (AvgIpc) is 3.16. The van der Waals surface area contributed by atoms with Crippen LogP contribution in [0.2, 0.25) is 0 Å². The first kappa shape index (κ1) is 18.7. The molecule has 27 heavy (non-hydrogen) atoms. The van der Waals surface area contributed by atoms with Crippen LogP contribution in [0.4, 0.5) is 5.69 Å². The molecule has 2 aromatic rings. The molecule has 0 spiro atoms. The van der Waals surface area contributed by atoms with Gasteiger partial charge < -0.3 is 14.6 Å². The van der Waals surface area contributed by atoms with Crippen molar-refractivity contribution in [2.45, 2.75) is 31.8 Å². The monoisotopic (exact) mass is 369 g/mol. The van der Waals surface area contributed by atoms with E-state index in [0.717, 1.165) is 30.3 Å². The van der Waals surface area contributed by atoms with Gasteiger partial charge in [-0.05, 0) is 43.9 Å². The Bertz CT molecular complexity index is 981. The summed E-state index contributed by atoms with van der Waals surface area (Å²) in [5.74, 6) is 0.262. The Kier molecular flexibility index (Phi) is 5.59. The van der Waals surface area contributed by atoms with Crippen molar-refractivity contribution in [2.75, 3.05) is 5.32 Å². The van der Waals surface area contributed by atoms with E-state index in [1.54, 1.807) is 13.1 Å². The van der Waals surface area contributed by atoms with E-state index in [-0.39, 0.29) is 17.6 Å². The first-order chi connectivity index (χ1) is 13.0. The van der Waals surface area contributed by atoms with Crippen molar-refractivity contribution in [3.05, 3.63) is 62.9 Å². The number of aryl methyl sites for hydroxylation is 1. The molecule has 0 unspecified atom stereocenters. The van der Waals surface area contributed by atoms with Crippen molar-refractivity contribution in [3.63, 3.8) is 0 Å². The molecule has 0 atom stereocenters. The smallest absolute Gasteiger partial charge is 0.330 e. The second kappa shape index (κ2) is 8.07. The number of anilines is 1. The largest absolute Gasteiger partial charge is 0.488 e. The highest BCUT2D eigenvalue weighted by Crippen LogP contribution is 2.29. The minimum absolute atomic E-state index is 0.187. The van der Waals surface area contributed by atoms with Crippen LogP contribution in [0.3, 0.4) is 0 Å². The summed E-state index contributed by atoms with van der Waals surface area (Å²) in [7, 11) is 2.95. The molecule has 1 fully saturated rings. The number of amides is 1. The summed E-state index contributed by atoms with van der Waals surface area (Å²) < 4.78 is 8.30. The van der Waals surface area contributed by atoms with Crippen molar-refractivity contribution in [1.82, 2.24) is 9.13 Å². The number of nitrogens with zero attached hydrogens (tertiary/aromatic N) is 2. The van der Waals surface area contributed by atoms with Crippen LogP contribution in [0, 0.1) is 0 Å². The first-order valence-corrected chi connectivity index (χ1v) is 8.97. The molecule has 1 aromatic heterocycles. The third-order valence-corrected chi connectivity index (χ3v) is 4.63. The molecule has 1 aliphatic carbocycles. The summed E-state index contributed by atoms with van der Waals surface area (Å²) in [6.45, 7) is 0. The summed E-state index contributed by atoms with van der Waals surface area (Å²) in [5.41, 5.74) is -0.0237. The third-order valence-electron chi connectivity index (χ3n) is 4.63. The molecule has 1 amide bonds. The lowest BCUT2D eigenvalue weighted by molar-refractivity contribution is -0.111. The minimum Gasteiger partial charge on any atom is -0.488 e. The number of benzene rings is 1. The Morgan fingerprint density at radius 2 is 1.89 bits per heavy atom. The fourth-order valence-corrected chi connectivity index (χ4v) is 3.15. The predicted octanol–water partition coefficient (Wildman–Crippen LogP) is 2.06. The van der Waals surface area contributed by atoms with Gasteiger partial charge in [0.2, 0.25) is 5.91 Å². The maximum absolute atomic E-state index is 12.3. The Balaban J connectivity index is 1.74. The van der Waals surface area contributed by atoms with Crippen LogP contribution in [0.1, 0.15) is 31.2 Å². The molecule has 1 heterocycles. The van der Waals surface area contributed by atoms with Crippen LogP contribution < -0.4 is 21.3 Å². The van der Waals surface area contributed by atoms with Gasteiger partial charge in [0.25, 0.3) is 5.56 Å². The Morgan fingerprint density at radius 1 is 1.19 bits per heavy atom. The van der Waals surface area contributed by atoms with Gasteiger partial charge in [-0.3, -0.25) is 14.2 Å². The molecule has 7 nitrogen and oxygen atoms in total. The number of carbonyl (C=O) groups is 1. The van der Waals surface area contributed by atoms with Crippen LogP contribution >= 0.6 is 0 Å². The number of hydrogen-bond donors (Lipinski definition) is 1. The fourth-order valence-electron chi connectivity index (χ4n) is 3.15. The summed E-state index contributed by atoms with van der Waals surface area (Å²) in [4.78, 5) is 36.1. The van der Waals surface area contributed by atoms with Gasteiger partial charge in [-0.15, -0.1) is 0 Å². The molecule has 7 heteroatoms. The summed E-state index contributed by atoms with van der Waals surface area (Å²) in [5, 5.41) is 2.79. The van der Waals surface area contributed by atoms with Gasteiger partial charge in [0.15, 0.2) is 0 Å². The van der Waals surface area contributed by atoms with Gasteiger partial charge in [0, 0.05) is 26.4 Å². The molecule has 1 aliphatic rings. The SMILES string of the molecule is Cn1cc(/C=C\C(=O)Nc2ccccc2OC2CCCC2)c(=O)n(C)c1=O. The van der Waals surface area contributed by atoms with Crippen molar-refractivity contribution in [3.8, 4) is 5.75 Å². The summed E-state index contributed by atoms with van der Waals surface area (Å²) in [6, 6.07) is 7.30. The molecule has 142 valence electrons. The zero-order chi connectivity index (χ0) is 19.4. The van der Waals surface area contributed by atoms with Crippen molar-refractivity contribution in [1.29, 1.82) is 0 Å². The van der Waals surface area contributed by atoms with E-state index in [9.17, 15) is 14.4 Å². The number of aromatic nitrogens is 2. The number of para-hydroxylation sites is 2. The summed E-state index contributed by atoms with van der Waals surface area (Å²) in [6.07, 6.45) is 8.65. The molecule has 1 N–H and O–H groups in total. The van der Waals surface area contributed by atoms with Crippen LogP contribution in [-0.2, 0) is 18.9 Å². The van der Waals surface area contributed by atoms with Crippen LogP contribution in [-0.4, -0.2) is 21.1 Å². The maximum Gasteiger partial charge on any atom is 0.330 e. The molecule has 0 saturated heterocycles. The highest BCUT2D eigenvalue weighted by Gasteiger charge is 2.18. The first-order valence-electron chi connectivity index (χ1n) is 8.97. The second-order valence-corrected chi connectivity index (χ2v) is 6.69. The summed E-state index contributed by atoms with van der Waals surface area (Å²) >= 11 is 0. The average molecular weight is 369 g/mol. The van der Waals surface area contributed by atoms with E-state index >= 15 is 0 Å². The number of ether oxygens (including phenoxy) is 1. The molecule has 0 bridgehead atoms. The molecular weight excluding hydrogens is 346 g/mol. The number of rotatable bonds is 5. The number of nitrogens with one attached hydrogen (secondary N) is 1. The normalized spacial score (nSPS) is 14.6. The fraction of sp³-hybridized carbons (Fsp3) is 0.350. The standard InChI is InChI=1S/C20H23N3O4/c1-22-13-14(19(25)23(2)20(22)26)11-12-18(24)21-16-9-5-6-10-17(16)27-15-7-3-4-8-15/h5-6,9-13,15H,3-4,7-8H2,1-2H3,(H,21,24)/b12-11-. The Hall–Kier alpha value is -3.09. The van der Waals surface area contributed by atoms with E-state index in [1.165, 1.54) is 30.0 Å². The molecule has 1 saturated carbocycles. The van der Waals surface area contributed by atoms with Crippen LogP contribution in [0.15, 0.2) is 46.1 Å². The van der Waals surface area contributed by atoms with Gasteiger partial charge in [-0.25, -0.2) is 4.79 Å². The van der Waals surface area contributed by atoms with Gasteiger partial charge >= 0.3 is 5.69 Å². The lowest BCUT2D eigenvalue weighted by Gasteiger charge is -2.16. The molecule has 3 rings (SSSR count). The lowest BCUT2D eigenvalue weighted by Crippen LogP contribution is -2.37. The zero-order valence-electron chi connectivity index (χ0n) is 15.5. The van der Waals surface area contributed by atoms with Crippen LogP contribution in [0.25, 0.3) is 6.08 Å². The van der Waals surface area contributed by atoms with Gasteiger partial charge in [-0.2, -0.15) is 0 Å². The molecule has 0 aliphatic heterocycles. The maximum atomic E-state index is 12.3. The Morgan fingerprint density at radius 3 is 2.63 bits per heavy atom. The van der Waals surface area contributed by atoms with Gasteiger partial charge in [0.05, 0.1) is 17.4 Å². The van der Waals surface area contributed by atoms with Crippen LogP contribution in [0.5, 0.6) is 5.75 Å². The quantitative estimate of drug-likeness (QED) is 0.818. The topological polar surface area (TPSA) is 82.3 Å². The molecular formula is C20H23N3O4. The van der Waals surface area contributed by atoms with Gasteiger partial charge in [0.1, 0.15) is 5.75 Å². The molecule has 1 aromatic carbocycles. The van der Waals surface area contributed by atoms with Crippen molar-refractivity contribution >= 4 is 17.7 Å². The lowest BCUT2D eigenvalue weighted by atomic mass is 10.2. The third kappa shape index (κ3) is 4.36. The Labute approximate surface area is 156 Å². The number of carbonyl (C=O) groups excluding carboxylic acids is 1. The van der Waals surface area contributed by atoms with Gasteiger partial charge in [-0.1, -0.05) is 12.1 Å². The molecule has 0 radical (unpaired) electrons. The van der Waals surface area contributed by atoms with E-state index in [2.05, 4.69) is 5.32 Å². The highest BCUT2D eigenvalue weighted by molar-refractivity contribution is 6.02. The van der Waals surface area contributed by atoms with Crippen molar-refractivity contribution < 1.29 is 9.53 Å². The van der Waals surface area contributed by atoms with Crippen molar-refractivity contribution in [2.24, 2.45) is 14.1 Å². The van der Waals surface area contributed by atoms with E-state index < -0.39 is 11.2 Å². The van der Waals surface area contributed by atoms with E-state index in [4.69, 9.17) is 4.74 Å². The predicted molar refractivity (Wildman–Crippen MR) is 104 cm³/mol.